The Morgan fingerprint density at radius 3 is 2.87 bits per heavy atom. The van der Waals surface area contributed by atoms with Crippen molar-refractivity contribution in [2.45, 2.75) is 0 Å². The van der Waals surface area contributed by atoms with E-state index in [1.807, 2.05) is 0 Å². The Hall–Kier alpha value is -2.04. The number of methoxy groups -OCH3 is 1. The number of nitrogens with zero attached hydrogens (tertiary/aromatic N) is 2. The van der Waals surface area contributed by atoms with E-state index in [0.717, 1.165) is 5.52 Å². The molecular weight excluding hydrogens is 196 g/mol. The summed E-state index contributed by atoms with van der Waals surface area (Å²) in [5.41, 5.74) is 1.41. The topological polar surface area (TPSA) is 64.3 Å². The van der Waals surface area contributed by atoms with Crippen LogP contribution in [0.3, 0.4) is 0 Å². The minimum absolute atomic E-state index is 0.186. The van der Waals surface area contributed by atoms with E-state index in [1.54, 1.807) is 29.9 Å². The third-order valence-corrected chi connectivity index (χ3v) is 2.25. The fourth-order valence-corrected chi connectivity index (χ4v) is 1.51. The van der Waals surface area contributed by atoms with E-state index in [4.69, 9.17) is 9.84 Å². The van der Waals surface area contributed by atoms with E-state index in [1.165, 1.54) is 7.11 Å². The molecule has 2 rings (SSSR count). The van der Waals surface area contributed by atoms with Crippen LogP contribution in [0.5, 0.6) is 5.88 Å². The number of rotatable bonds is 2. The molecule has 0 saturated carbocycles. The molecule has 0 amide bonds. The summed E-state index contributed by atoms with van der Waals surface area (Å²) in [7, 11) is 3.28. The molecule has 78 valence electrons. The van der Waals surface area contributed by atoms with Crippen LogP contribution in [0.2, 0.25) is 0 Å². The second-order valence-corrected chi connectivity index (χ2v) is 3.18. The molecule has 2 aromatic heterocycles. The van der Waals surface area contributed by atoms with Crippen LogP contribution in [0.1, 0.15) is 10.4 Å². The van der Waals surface area contributed by atoms with Gasteiger partial charge in [-0.25, -0.2) is 9.78 Å². The van der Waals surface area contributed by atoms with Crippen molar-refractivity contribution in [2.75, 3.05) is 7.11 Å². The molecular formula is C10H10N2O3. The summed E-state index contributed by atoms with van der Waals surface area (Å²) in [6.45, 7) is 0. The van der Waals surface area contributed by atoms with Crippen LogP contribution in [0.4, 0.5) is 0 Å². The zero-order valence-corrected chi connectivity index (χ0v) is 8.39. The lowest BCUT2D eigenvalue weighted by atomic mass is 10.3. The predicted molar refractivity (Wildman–Crippen MR) is 54.2 cm³/mol. The number of hydrogen-bond donors (Lipinski definition) is 1. The highest BCUT2D eigenvalue weighted by Gasteiger charge is 2.14. The molecule has 15 heavy (non-hydrogen) atoms. The standard InChI is InChI=1S/C10H10N2O3/c1-12-5-6(10(13)14)9-7(12)3-4-8(11-9)15-2/h3-5H,1-2H3,(H,13,14). The molecule has 0 radical (unpaired) electrons. The normalized spacial score (nSPS) is 10.5. The highest BCUT2D eigenvalue weighted by atomic mass is 16.5. The average molecular weight is 206 g/mol. The number of aromatic nitrogens is 2. The lowest BCUT2D eigenvalue weighted by Gasteiger charge is -1.99. The molecule has 0 spiro atoms. The Morgan fingerprint density at radius 1 is 1.53 bits per heavy atom. The van der Waals surface area contributed by atoms with E-state index >= 15 is 0 Å². The van der Waals surface area contributed by atoms with Crippen LogP contribution in [0, 0.1) is 0 Å². The Kier molecular flexibility index (Phi) is 2.07. The van der Waals surface area contributed by atoms with Gasteiger partial charge in [0.1, 0.15) is 11.1 Å². The van der Waals surface area contributed by atoms with Gasteiger partial charge in [-0.15, -0.1) is 0 Å². The Labute approximate surface area is 85.9 Å². The van der Waals surface area contributed by atoms with Crippen LogP contribution in [-0.2, 0) is 7.05 Å². The van der Waals surface area contributed by atoms with E-state index in [0.29, 0.717) is 11.4 Å². The minimum atomic E-state index is -0.985. The third-order valence-electron chi connectivity index (χ3n) is 2.25. The summed E-state index contributed by atoms with van der Waals surface area (Å²) < 4.78 is 6.68. The molecule has 2 aromatic rings. The van der Waals surface area contributed by atoms with Gasteiger partial charge in [0.25, 0.3) is 0 Å². The van der Waals surface area contributed by atoms with Crippen molar-refractivity contribution in [1.29, 1.82) is 0 Å². The number of ether oxygens (including phenoxy) is 1. The van der Waals surface area contributed by atoms with Crippen molar-refractivity contribution < 1.29 is 14.6 Å². The maximum Gasteiger partial charge on any atom is 0.339 e. The molecule has 0 atom stereocenters. The fourth-order valence-electron chi connectivity index (χ4n) is 1.51. The first-order chi connectivity index (χ1) is 7.13. The lowest BCUT2D eigenvalue weighted by Crippen LogP contribution is -1.95. The van der Waals surface area contributed by atoms with Crippen LogP contribution in [0.15, 0.2) is 18.3 Å². The van der Waals surface area contributed by atoms with E-state index < -0.39 is 5.97 Å². The second-order valence-electron chi connectivity index (χ2n) is 3.18. The highest BCUT2D eigenvalue weighted by Crippen LogP contribution is 2.21. The molecule has 2 heterocycles. The van der Waals surface area contributed by atoms with Gasteiger partial charge < -0.3 is 14.4 Å². The number of carbonyl (C=O) groups is 1. The Morgan fingerprint density at radius 2 is 2.27 bits per heavy atom. The van der Waals surface area contributed by atoms with Gasteiger partial charge in [-0.2, -0.15) is 0 Å². The van der Waals surface area contributed by atoms with Crippen molar-refractivity contribution in [1.82, 2.24) is 9.55 Å². The van der Waals surface area contributed by atoms with E-state index in [-0.39, 0.29) is 5.56 Å². The van der Waals surface area contributed by atoms with Crippen LogP contribution in [0.25, 0.3) is 11.0 Å². The summed E-state index contributed by atoms with van der Waals surface area (Å²) >= 11 is 0. The molecule has 0 aromatic carbocycles. The smallest absolute Gasteiger partial charge is 0.339 e. The monoisotopic (exact) mass is 206 g/mol. The van der Waals surface area contributed by atoms with Crippen molar-refractivity contribution in [3.8, 4) is 5.88 Å². The van der Waals surface area contributed by atoms with Gasteiger partial charge in [0.2, 0.25) is 5.88 Å². The second kappa shape index (κ2) is 3.27. The molecule has 5 heteroatoms. The number of hydrogen-bond acceptors (Lipinski definition) is 3. The van der Waals surface area contributed by atoms with Crippen LogP contribution >= 0.6 is 0 Å². The number of carboxylic acids is 1. The number of aryl methyl sites for hydroxylation is 1. The molecule has 5 nitrogen and oxygen atoms in total. The molecule has 0 saturated heterocycles. The predicted octanol–water partition coefficient (Wildman–Crippen LogP) is 1.28. The summed E-state index contributed by atoms with van der Waals surface area (Å²) in [5.74, 6) is -0.572. The molecule has 0 unspecified atom stereocenters. The zero-order valence-electron chi connectivity index (χ0n) is 8.39. The van der Waals surface area contributed by atoms with Gasteiger partial charge in [-0.3, -0.25) is 0 Å². The first kappa shape index (κ1) is 9.51. The van der Waals surface area contributed by atoms with E-state index in [9.17, 15) is 4.79 Å². The summed E-state index contributed by atoms with van der Waals surface area (Å²) in [6.07, 6.45) is 1.54. The highest BCUT2D eigenvalue weighted by molar-refractivity contribution is 6.01. The lowest BCUT2D eigenvalue weighted by molar-refractivity contribution is 0.0698. The Bertz CT molecular complexity index is 531. The van der Waals surface area contributed by atoms with Crippen molar-refractivity contribution in [2.24, 2.45) is 7.05 Å². The van der Waals surface area contributed by atoms with Gasteiger partial charge in [0.05, 0.1) is 12.6 Å². The van der Waals surface area contributed by atoms with Gasteiger partial charge in [-0.1, -0.05) is 0 Å². The largest absolute Gasteiger partial charge is 0.481 e. The van der Waals surface area contributed by atoms with Crippen LogP contribution in [-0.4, -0.2) is 27.7 Å². The van der Waals surface area contributed by atoms with Crippen molar-refractivity contribution in [3.63, 3.8) is 0 Å². The van der Waals surface area contributed by atoms with Gasteiger partial charge in [0, 0.05) is 19.3 Å². The molecule has 0 aliphatic carbocycles. The summed E-state index contributed by atoms with van der Waals surface area (Å²) in [5, 5.41) is 8.97. The van der Waals surface area contributed by atoms with Gasteiger partial charge in [0.15, 0.2) is 0 Å². The quantitative estimate of drug-likeness (QED) is 0.803. The van der Waals surface area contributed by atoms with Gasteiger partial charge in [-0.05, 0) is 6.07 Å². The van der Waals surface area contributed by atoms with E-state index in [2.05, 4.69) is 4.98 Å². The molecule has 0 aliphatic heterocycles. The first-order valence-corrected chi connectivity index (χ1v) is 4.37. The van der Waals surface area contributed by atoms with Gasteiger partial charge >= 0.3 is 5.97 Å². The molecule has 1 N–H and O–H groups in total. The Balaban J connectivity index is 2.77. The first-order valence-electron chi connectivity index (χ1n) is 4.37. The van der Waals surface area contributed by atoms with Crippen molar-refractivity contribution in [3.05, 3.63) is 23.9 Å². The number of pyridine rings is 1. The molecule has 0 aliphatic rings. The maximum absolute atomic E-state index is 10.9. The fraction of sp³-hybridized carbons (Fsp3) is 0.200. The summed E-state index contributed by atoms with van der Waals surface area (Å²) in [4.78, 5) is 15.0. The number of carboxylic acid groups (broad SMARTS) is 1. The molecule has 0 fully saturated rings. The zero-order chi connectivity index (χ0) is 11.0. The molecule has 0 bridgehead atoms. The number of aromatic carboxylic acids is 1. The van der Waals surface area contributed by atoms with Crippen molar-refractivity contribution >= 4 is 17.0 Å². The maximum atomic E-state index is 10.9. The minimum Gasteiger partial charge on any atom is -0.481 e. The SMILES string of the molecule is COc1ccc2c(n1)c(C(=O)O)cn2C. The van der Waals surface area contributed by atoms with Crippen LogP contribution < -0.4 is 4.74 Å². The average Bonchev–Trinajstić information content (AvgIpc) is 2.56. The number of fused-ring (bicyclic) bond motifs is 1. The third kappa shape index (κ3) is 1.41. The summed E-state index contributed by atoms with van der Waals surface area (Å²) in [6, 6.07) is 3.49.